The van der Waals surface area contributed by atoms with Crippen molar-refractivity contribution in [3.05, 3.63) is 57.8 Å². The monoisotopic (exact) mass is 309 g/mol. The Bertz CT molecular complexity index is 750. The second-order valence-corrected chi connectivity index (χ2v) is 6.66. The number of aryl methyl sites for hydroxylation is 1. The normalized spacial score (nSPS) is 28.0. The van der Waals surface area contributed by atoms with Crippen molar-refractivity contribution >= 4 is 11.6 Å². The fourth-order valence-corrected chi connectivity index (χ4v) is 4.32. The Kier molecular flexibility index (Phi) is 3.29. The SMILES string of the molecule is Cc1cccc(NC2=CNC(C(=O)N=O)C3=C2C2CCC3C2)c1. The number of rotatable bonds is 3. The summed E-state index contributed by atoms with van der Waals surface area (Å²) in [6, 6.07) is 7.64. The highest BCUT2D eigenvalue weighted by molar-refractivity contribution is 5.87. The number of benzene rings is 1. The minimum Gasteiger partial charge on any atom is -0.374 e. The fourth-order valence-electron chi connectivity index (χ4n) is 4.32. The Labute approximate surface area is 134 Å². The Morgan fingerprint density at radius 1 is 1.30 bits per heavy atom. The first kappa shape index (κ1) is 14.2. The van der Waals surface area contributed by atoms with Gasteiger partial charge >= 0.3 is 5.91 Å². The van der Waals surface area contributed by atoms with Gasteiger partial charge in [0, 0.05) is 17.1 Å². The lowest BCUT2D eigenvalue weighted by molar-refractivity contribution is -0.119. The maximum Gasteiger partial charge on any atom is 0.312 e. The van der Waals surface area contributed by atoms with Crippen molar-refractivity contribution < 1.29 is 4.79 Å². The van der Waals surface area contributed by atoms with E-state index in [1.165, 1.54) is 11.1 Å². The Balaban J connectivity index is 1.69. The summed E-state index contributed by atoms with van der Waals surface area (Å²) >= 11 is 0. The molecule has 1 amide bonds. The standard InChI is InChI=1S/C18H19N3O2/c1-10-3-2-4-13(7-10)20-14-9-19-17(18(22)21-23)16-12-6-5-11(8-12)15(14)16/h2-4,7,9,11-12,17,19-20H,5-6,8H2,1H3. The van der Waals surface area contributed by atoms with E-state index in [1.807, 2.05) is 18.3 Å². The topological polar surface area (TPSA) is 70.6 Å². The zero-order chi connectivity index (χ0) is 16.0. The van der Waals surface area contributed by atoms with Gasteiger partial charge in [-0.05, 0) is 66.9 Å². The van der Waals surface area contributed by atoms with E-state index in [9.17, 15) is 9.70 Å². The molecule has 0 aromatic heterocycles. The molecule has 4 rings (SSSR count). The second-order valence-electron chi connectivity index (χ2n) is 6.66. The average Bonchev–Trinajstić information content (AvgIpc) is 3.17. The van der Waals surface area contributed by atoms with Gasteiger partial charge in [-0.2, -0.15) is 0 Å². The number of hydrogen-bond acceptors (Lipinski definition) is 4. The first-order valence-electron chi connectivity index (χ1n) is 8.09. The minimum atomic E-state index is -0.615. The minimum absolute atomic E-state index is 0.404. The molecule has 3 unspecified atom stereocenters. The number of dihydropyridines is 1. The van der Waals surface area contributed by atoms with Gasteiger partial charge in [-0.1, -0.05) is 12.1 Å². The molecule has 5 nitrogen and oxygen atoms in total. The maximum absolute atomic E-state index is 11.9. The van der Waals surface area contributed by atoms with Crippen LogP contribution in [0.2, 0.25) is 0 Å². The molecule has 0 radical (unpaired) electrons. The van der Waals surface area contributed by atoms with Crippen LogP contribution in [-0.2, 0) is 4.79 Å². The number of carbonyl (C=O) groups excluding carboxylic acids is 1. The molecule has 3 atom stereocenters. The predicted octanol–water partition coefficient (Wildman–Crippen LogP) is 3.24. The van der Waals surface area contributed by atoms with E-state index in [2.05, 4.69) is 34.9 Å². The van der Waals surface area contributed by atoms with E-state index in [-0.39, 0.29) is 0 Å². The maximum atomic E-state index is 11.9. The quantitative estimate of drug-likeness (QED) is 0.841. The third-order valence-electron chi connectivity index (χ3n) is 5.22. The molecule has 23 heavy (non-hydrogen) atoms. The highest BCUT2D eigenvalue weighted by atomic mass is 16.3. The molecule has 0 spiro atoms. The van der Waals surface area contributed by atoms with Gasteiger partial charge in [0.1, 0.15) is 6.04 Å². The van der Waals surface area contributed by atoms with Gasteiger partial charge in [0.15, 0.2) is 0 Å². The molecule has 1 heterocycles. The van der Waals surface area contributed by atoms with E-state index in [4.69, 9.17) is 0 Å². The Hall–Kier alpha value is -2.43. The Morgan fingerprint density at radius 3 is 2.91 bits per heavy atom. The molecule has 1 aromatic rings. The van der Waals surface area contributed by atoms with Gasteiger partial charge in [-0.25, -0.2) is 0 Å². The number of nitrogens with one attached hydrogen (secondary N) is 2. The van der Waals surface area contributed by atoms with E-state index < -0.39 is 11.9 Å². The van der Waals surface area contributed by atoms with Crippen molar-refractivity contribution in [1.82, 2.24) is 5.32 Å². The molecule has 2 N–H and O–H groups in total. The van der Waals surface area contributed by atoms with Crippen LogP contribution in [-0.4, -0.2) is 11.9 Å². The molecule has 1 fully saturated rings. The number of anilines is 1. The summed E-state index contributed by atoms with van der Waals surface area (Å²) in [4.78, 5) is 22.6. The van der Waals surface area contributed by atoms with Gasteiger partial charge in [0.2, 0.25) is 0 Å². The smallest absolute Gasteiger partial charge is 0.312 e. The molecular weight excluding hydrogens is 290 g/mol. The van der Waals surface area contributed by atoms with Crippen LogP contribution in [0.15, 0.2) is 52.5 Å². The molecule has 5 heteroatoms. The van der Waals surface area contributed by atoms with Gasteiger partial charge in [0.25, 0.3) is 0 Å². The van der Waals surface area contributed by atoms with Crippen molar-refractivity contribution in [2.75, 3.05) is 5.32 Å². The lowest BCUT2D eigenvalue weighted by atomic mass is 9.84. The average molecular weight is 309 g/mol. The highest BCUT2D eigenvalue weighted by Crippen LogP contribution is 2.53. The van der Waals surface area contributed by atoms with Gasteiger partial charge in [0.05, 0.1) is 5.70 Å². The highest BCUT2D eigenvalue weighted by Gasteiger charge is 2.46. The van der Waals surface area contributed by atoms with E-state index in [1.54, 1.807) is 0 Å². The number of allylic oxidation sites excluding steroid dienone is 1. The van der Waals surface area contributed by atoms with Gasteiger partial charge < -0.3 is 10.6 Å². The van der Waals surface area contributed by atoms with Crippen molar-refractivity contribution in [2.24, 2.45) is 17.0 Å². The molecule has 3 aliphatic rings. The first-order valence-corrected chi connectivity index (χ1v) is 8.09. The van der Waals surface area contributed by atoms with Crippen LogP contribution in [0.25, 0.3) is 0 Å². The summed E-state index contributed by atoms with van der Waals surface area (Å²) < 4.78 is 0. The fraction of sp³-hybridized carbons (Fsp3) is 0.389. The third-order valence-corrected chi connectivity index (χ3v) is 5.22. The van der Waals surface area contributed by atoms with Crippen molar-refractivity contribution in [3.8, 4) is 0 Å². The first-order chi connectivity index (χ1) is 11.2. The number of fused-ring (bicyclic) bond motifs is 4. The summed E-state index contributed by atoms with van der Waals surface area (Å²) in [5.74, 6) is 0.278. The predicted molar refractivity (Wildman–Crippen MR) is 88.5 cm³/mol. The summed E-state index contributed by atoms with van der Waals surface area (Å²) in [5, 5.41) is 9.20. The zero-order valence-corrected chi connectivity index (χ0v) is 13.0. The summed E-state index contributed by atoms with van der Waals surface area (Å²) in [6.07, 6.45) is 5.18. The van der Waals surface area contributed by atoms with Crippen LogP contribution in [0.1, 0.15) is 24.8 Å². The van der Waals surface area contributed by atoms with E-state index in [0.717, 1.165) is 36.2 Å². The zero-order valence-electron chi connectivity index (χ0n) is 13.0. The van der Waals surface area contributed by atoms with Crippen molar-refractivity contribution in [1.29, 1.82) is 0 Å². The van der Waals surface area contributed by atoms with Crippen LogP contribution in [0.5, 0.6) is 0 Å². The van der Waals surface area contributed by atoms with Gasteiger partial charge in [-0.3, -0.25) is 4.79 Å². The molecule has 1 aromatic carbocycles. The second kappa shape index (κ2) is 5.33. The third kappa shape index (κ3) is 2.27. The van der Waals surface area contributed by atoms with Crippen LogP contribution in [0, 0.1) is 23.7 Å². The number of amides is 1. The molecular formula is C18H19N3O2. The van der Waals surface area contributed by atoms with E-state index in [0.29, 0.717) is 11.8 Å². The molecule has 118 valence electrons. The van der Waals surface area contributed by atoms with Crippen LogP contribution < -0.4 is 10.6 Å². The van der Waals surface area contributed by atoms with Crippen LogP contribution >= 0.6 is 0 Å². The molecule has 1 aliphatic heterocycles. The number of nitroso groups, excluding NO2 is 1. The Morgan fingerprint density at radius 2 is 2.13 bits per heavy atom. The van der Waals surface area contributed by atoms with Crippen LogP contribution in [0.4, 0.5) is 5.69 Å². The molecule has 1 saturated carbocycles. The summed E-state index contributed by atoms with van der Waals surface area (Å²) in [6.45, 7) is 2.06. The molecule has 0 saturated heterocycles. The lowest BCUT2D eigenvalue weighted by Crippen LogP contribution is -2.40. The molecule has 2 aliphatic carbocycles. The summed E-state index contributed by atoms with van der Waals surface area (Å²) in [5.41, 5.74) is 5.56. The van der Waals surface area contributed by atoms with Gasteiger partial charge in [-0.15, -0.1) is 4.91 Å². The van der Waals surface area contributed by atoms with Crippen LogP contribution in [0.3, 0.4) is 0 Å². The number of hydrogen-bond donors (Lipinski definition) is 2. The number of carbonyl (C=O) groups is 1. The largest absolute Gasteiger partial charge is 0.374 e. The summed E-state index contributed by atoms with van der Waals surface area (Å²) in [7, 11) is 0. The van der Waals surface area contributed by atoms with Crippen molar-refractivity contribution in [2.45, 2.75) is 32.2 Å². The molecule has 2 bridgehead atoms. The number of nitrogens with zero attached hydrogens (tertiary/aromatic N) is 1. The van der Waals surface area contributed by atoms with E-state index >= 15 is 0 Å². The van der Waals surface area contributed by atoms with Crippen molar-refractivity contribution in [3.63, 3.8) is 0 Å². The lowest BCUT2D eigenvalue weighted by Gasteiger charge is -2.31.